The predicted octanol–water partition coefficient (Wildman–Crippen LogP) is -0.875. The van der Waals surface area contributed by atoms with Crippen molar-refractivity contribution in [1.82, 2.24) is 5.32 Å². The summed E-state index contributed by atoms with van der Waals surface area (Å²) < 4.78 is 30.6. The van der Waals surface area contributed by atoms with Crippen LogP contribution in [0.25, 0.3) is 0 Å². The number of aliphatic hydroxyl groups excluding tert-OH is 5. The summed E-state index contributed by atoms with van der Waals surface area (Å²) in [5, 5.41) is 65.3. The fraction of sp³-hybridized carbons (Fsp3) is 0.935. The highest BCUT2D eigenvalue weighted by Crippen LogP contribution is 2.37. The largest absolute Gasteiger partial charge is 0.479 e. The van der Waals surface area contributed by atoms with E-state index in [-0.39, 0.29) is 18.3 Å². The van der Waals surface area contributed by atoms with Gasteiger partial charge in [-0.05, 0) is 38.0 Å². The number of aliphatic hydroxyl groups is 5. The summed E-state index contributed by atoms with van der Waals surface area (Å²) in [5.74, 6) is -1.75. The van der Waals surface area contributed by atoms with Gasteiger partial charge in [0.1, 0.15) is 42.7 Å². The zero-order chi connectivity index (χ0) is 33.5. The third kappa shape index (κ3) is 8.94. The van der Waals surface area contributed by atoms with Gasteiger partial charge in [0.15, 0.2) is 18.7 Å². The lowest BCUT2D eigenvalue weighted by atomic mass is 9.82. The molecule has 9 N–H and O–H groups in total. The Bertz CT molecular complexity index is 971. The monoisotopic (exact) mass is 662 g/mol. The Hall–Kier alpha value is -1.50. The maximum Gasteiger partial charge on any atom is 0.332 e. The molecule has 2 saturated carbocycles. The normalized spacial score (nSPS) is 41.5. The summed E-state index contributed by atoms with van der Waals surface area (Å²) in [6.07, 6.45) is -6.73. The van der Waals surface area contributed by atoms with Gasteiger partial charge in [-0.25, -0.2) is 4.79 Å². The molecule has 14 atom stereocenters. The number of nitrogens with one attached hydrogen (secondary N) is 1. The van der Waals surface area contributed by atoms with E-state index < -0.39 is 105 Å². The van der Waals surface area contributed by atoms with Gasteiger partial charge >= 0.3 is 5.97 Å². The van der Waals surface area contributed by atoms with Crippen LogP contribution in [0.2, 0.25) is 0 Å². The van der Waals surface area contributed by atoms with E-state index in [9.17, 15) is 40.2 Å². The van der Waals surface area contributed by atoms with Crippen LogP contribution in [0, 0.1) is 11.8 Å². The number of ether oxygens (including phenoxy) is 5. The summed E-state index contributed by atoms with van der Waals surface area (Å²) in [6, 6.07) is -1.21. The second-order valence-electron chi connectivity index (χ2n) is 13.2. The molecule has 266 valence electrons. The molecule has 0 radical (unpaired) electrons. The van der Waals surface area contributed by atoms with Crippen LogP contribution in [0.4, 0.5) is 0 Å². The van der Waals surface area contributed by atoms with Gasteiger partial charge in [0.05, 0.1) is 31.5 Å². The number of nitrogens with two attached hydrogens (primary N) is 1. The third-order valence-electron chi connectivity index (χ3n) is 10.1. The van der Waals surface area contributed by atoms with E-state index in [1.54, 1.807) is 6.92 Å². The summed E-state index contributed by atoms with van der Waals surface area (Å²) >= 11 is 0. The molecule has 15 nitrogen and oxygen atoms in total. The molecular formula is C31H54N2O13. The van der Waals surface area contributed by atoms with Gasteiger partial charge in [0.25, 0.3) is 0 Å². The zero-order valence-electron chi connectivity index (χ0n) is 26.8. The molecule has 5 unspecified atom stereocenters. The molecule has 2 aliphatic heterocycles. The zero-order valence-corrected chi connectivity index (χ0v) is 26.8. The molecule has 46 heavy (non-hydrogen) atoms. The van der Waals surface area contributed by atoms with Gasteiger partial charge in [0, 0.05) is 0 Å². The molecule has 0 aromatic rings. The maximum atomic E-state index is 12.6. The Kier molecular flexibility index (Phi) is 14.0. The van der Waals surface area contributed by atoms with E-state index in [4.69, 9.17) is 29.4 Å². The molecular weight excluding hydrogens is 608 g/mol. The first kappa shape index (κ1) is 37.3. The molecule has 2 aliphatic carbocycles. The third-order valence-corrected chi connectivity index (χ3v) is 10.1. The van der Waals surface area contributed by atoms with Crippen LogP contribution in [-0.4, -0.2) is 135 Å². The van der Waals surface area contributed by atoms with Gasteiger partial charge in [-0.15, -0.1) is 0 Å². The lowest BCUT2D eigenvalue weighted by Crippen LogP contribution is -2.67. The molecule has 15 heteroatoms. The standard InChI is InChI=1S/C31H54N2O13/c1-3-17-10-7-11-18(27(17)46-31-26(39)25(38)23(36)15(2)42-31)44-30-22(33-21(35)13-32)28(24(37)20(14-34)45-30)43-19(29(40)41)12-16-8-5-4-6-9-16/h15-20,22-28,30-31,34,36-39H,3-14,32H2,1-2H3,(H,33,35)(H,40,41)/t15?,17?,18-,19+,20+,22?,23-,24+,25+,26?,27-,28?,30-,31+/m1/s1. The lowest BCUT2D eigenvalue weighted by molar-refractivity contribution is -0.337. The average molecular weight is 663 g/mol. The maximum absolute atomic E-state index is 12.6. The second kappa shape index (κ2) is 17.2. The van der Waals surface area contributed by atoms with Crippen molar-refractivity contribution in [2.45, 2.75) is 158 Å². The quantitative estimate of drug-likeness (QED) is 0.120. The van der Waals surface area contributed by atoms with E-state index >= 15 is 0 Å². The van der Waals surface area contributed by atoms with E-state index in [0.29, 0.717) is 12.8 Å². The van der Waals surface area contributed by atoms with Crippen LogP contribution in [-0.2, 0) is 33.3 Å². The number of hydrogen-bond donors (Lipinski definition) is 8. The summed E-state index contributed by atoms with van der Waals surface area (Å²) in [6.45, 7) is 2.49. The molecule has 4 aliphatic rings. The fourth-order valence-corrected chi connectivity index (χ4v) is 7.32. The van der Waals surface area contributed by atoms with Crippen LogP contribution in [0.1, 0.15) is 78.1 Å². The Morgan fingerprint density at radius 2 is 1.61 bits per heavy atom. The Morgan fingerprint density at radius 3 is 2.24 bits per heavy atom. The smallest absolute Gasteiger partial charge is 0.332 e. The predicted molar refractivity (Wildman–Crippen MR) is 160 cm³/mol. The number of carboxylic acid groups (broad SMARTS) is 1. The van der Waals surface area contributed by atoms with E-state index in [1.807, 2.05) is 6.92 Å². The number of carboxylic acids is 1. The number of amides is 1. The van der Waals surface area contributed by atoms with E-state index in [1.165, 1.54) is 0 Å². The van der Waals surface area contributed by atoms with E-state index in [0.717, 1.165) is 44.9 Å². The van der Waals surface area contributed by atoms with Crippen molar-refractivity contribution < 1.29 is 63.9 Å². The van der Waals surface area contributed by atoms with Gasteiger partial charge in [0.2, 0.25) is 5.91 Å². The highest BCUT2D eigenvalue weighted by molar-refractivity contribution is 5.78. The van der Waals surface area contributed by atoms with Gasteiger partial charge < -0.3 is 65.4 Å². The van der Waals surface area contributed by atoms with Crippen LogP contribution >= 0.6 is 0 Å². The van der Waals surface area contributed by atoms with Crippen molar-refractivity contribution in [3.63, 3.8) is 0 Å². The van der Waals surface area contributed by atoms with Crippen LogP contribution in [0.3, 0.4) is 0 Å². The molecule has 2 saturated heterocycles. The second-order valence-corrected chi connectivity index (χ2v) is 13.2. The van der Waals surface area contributed by atoms with Crippen molar-refractivity contribution in [2.75, 3.05) is 13.2 Å². The van der Waals surface area contributed by atoms with E-state index in [2.05, 4.69) is 5.32 Å². The summed E-state index contributed by atoms with van der Waals surface area (Å²) in [4.78, 5) is 25.0. The van der Waals surface area contributed by atoms with Gasteiger partial charge in [-0.1, -0.05) is 51.9 Å². The first-order valence-corrected chi connectivity index (χ1v) is 16.8. The molecule has 0 aromatic carbocycles. The SMILES string of the molecule is CCC1CCC[C@@H](O[C@@H]2O[C@@H](CO)[C@H](O)C(O[C@@H](CC3CCCCC3)C(=O)O)C2NC(=O)CN)[C@@H]1O[C@@H]1OC(C)[C@@H](O)[C@H](O)C1O. The van der Waals surface area contributed by atoms with Gasteiger partial charge in [-0.2, -0.15) is 0 Å². The highest BCUT2D eigenvalue weighted by Gasteiger charge is 2.51. The molecule has 4 fully saturated rings. The number of rotatable bonds is 13. The van der Waals surface area contributed by atoms with Gasteiger partial charge in [-0.3, -0.25) is 4.79 Å². The van der Waals surface area contributed by atoms with Crippen LogP contribution < -0.4 is 11.1 Å². The first-order valence-electron chi connectivity index (χ1n) is 16.8. The number of aliphatic carboxylic acids is 1. The molecule has 1 amide bonds. The lowest BCUT2D eigenvalue weighted by Gasteiger charge is -2.48. The molecule has 0 aromatic heterocycles. The Morgan fingerprint density at radius 1 is 0.891 bits per heavy atom. The average Bonchev–Trinajstić information content (AvgIpc) is 3.05. The van der Waals surface area contributed by atoms with Crippen LogP contribution in [0.5, 0.6) is 0 Å². The molecule has 4 rings (SSSR count). The number of carbonyl (C=O) groups excluding carboxylic acids is 1. The van der Waals surface area contributed by atoms with Crippen molar-refractivity contribution in [3.8, 4) is 0 Å². The topological polar surface area (TPSA) is 240 Å². The molecule has 2 heterocycles. The minimum Gasteiger partial charge on any atom is -0.479 e. The minimum atomic E-state index is -1.53. The number of carbonyl (C=O) groups is 2. The number of hydrogen-bond acceptors (Lipinski definition) is 13. The molecule has 0 bridgehead atoms. The van der Waals surface area contributed by atoms with Crippen LogP contribution in [0.15, 0.2) is 0 Å². The Balaban J connectivity index is 1.59. The molecule has 0 spiro atoms. The van der Waals surface area contributed by atoms with Crippen molar-refractivity contribution in [1.29, 1.82) is 0 Å². The van der Waals surface area contributed by atoms with Crippen molar-refractivity contribution in [2.24, 2.45) is 17.6 Å². The highest BCUT2D eigenvalue weighted by atomic mass is 16.7. The first-order chi connectivity index (χ1) is 22.0. The summed E-state index contributed by atoms with van der Waals surface area (Å²) in [5.41, 5.74) is 5.61. The van der Waals surface area contributed by atoms with Crippen molar-refractivity contribution in [3.05, 3.63) is 0 Å². The van der Waals surface area contributed by atoms with Crippen molar-refractivity contribution >= 4 is 11.9 Å². The fourth-order valence-electron chi connectivity index (χ4n) is 7.32. The summed E-state index contributed by atoms with van der Waals surface area (Å²) in [7, 11) is 0. The Labute approximate surface area is 269 Å². The minimum absolute atomic E-state index is 0.0623.